The van der Waals surface area contributed by atoms with Crippen LogP contribution in [0.2, 0.25) is 0 Å². The van der Waals surface area contributed by atoms with Crippen LogP contribution in [0.3, 0.4) is 0 Å². The van der Waals surface area contributed by atoms with Crippen molar-refractivity contribution in [3.05, 3.63) is 0 Å². The monoisotopic (exact) mass is 275 g/mol. The molecule has 0 aromatic rings. The van der Waals surface area contributed by atoms with Crippen molar-refractivity contribution in [2.75, 3.05) is 31.8 Å². The second kappa shape index (κ2) is 9.64. The maximum Gasteiger partial charge on any atom is 0.323 e. The normalized spacial score (nSPS) is 16.6. The lowest BCUT2D eigenvalue weighted by Gasteiger charge is -2.16. The third-order valence-corrected chi connectivity index (χ3v) is 3.88. The van der Waals surface area contributed by atoms with E-state index >= 15 is 0 Å². The number of nitrogens with one attached hydrogen (secondary N) is 1. The first-order chi connectivity index (χ1) is 8.77. The lowest BCUT2D eigenvalue weighted by atomic mass is 10.2. The van der Waals surface area contributed by atoms with Crippen LogP contribution in [0.4, 0.5) is 0 Å². The highest BCUT2D eigenvalue weighted by atomic mass is 32.2. The van der Waals surface area contributed by atoms with Crippen LogP contribution >= 0.6 is 11.8 Å². The van der Waals surface area contributed by atoms with Gasteiger partial charge in [0.1, 0.15) is 6.04 Å². The highest BCUT2D eigenvalue weighted by Crippen LogP contribution is 2.21. The summed E-state index contributed by atoms with van der Waals surface area (Å²) in [5.74, 6) is 1.99. The van der Waals surface area contributed by atoms with Crippen LogP contribution in [0.25, 0.3) is 0 Å². The Morgan fingerprint density at radius 1 is 1.44 bits per heavy atom. The Bertz CT molecular complexity index is 234. The van der Waals surface area contributed by atoms with Crippen LogP contribution in [-0.2, 0) is 14.3 Å². The summed E-state index contributed by atoms with van der Waals surface area (Å²) in [6.45, 7) is 3.13. The minimum absolute atomic E-state index is 0.0955. The van der Waals surface area contributed by atoms with E-state index in [2.05, 4.69) is 5.32 Å². The SMILES string of the molecule is CCOC(=O)C(CCSCCCOC)NC1CC1. The van der Waals surface area contributed by atoms with Crippen molar-refractivity contribution in [1.82, 2.24) is 5.32 Å². The highest BCUT2D eigenvalue weighted by Gasteiger charge is 2.28. The Hall–Kier alpha value is -0.260. The van der Waals surface area contributed by atoms with Crippen LogP contribution in [0.15, 0.2) is 0 Å². The van der Waals surface area contributed by atoms with Gasteiger partial charge in [-0.3, -0.25) is 4.79 Å². The number of rotatable bonds is 11. The summed E-state index contributed by atoms with van der Waals surface area (Å²) in [7, 11) is 1.72. The van der Waals surface area contributed by atoms with Crippen LogP contribution in [0.5, 0.6) is 0 Å². The summed E-state index contributed by atoms with van der Waals surface area (Å²) in [6, 6.07) is 0.422. The molecule has 0 aromatic heterocycles. The van der Waals surface area contributed by atoms with Crippen LogP contribution in [0, 0.1) is 0 Å². The predicted octanol–water partition coefficient (Wildman–Crippen LogP) is 1.83. The minimum Gasteiger partial charge on any atom is -0.465 e. The molecule has 0 saturated heterocycles. The van der Waals surface area contributed by atoms with E-state index < -0.39 is 0 Å². The van der Waals surface area contributed by atoms with Crippen molar-refractivity contribution < 1.29 is 14.3 Å². The number of hydrogen-bond donors (Lipinski definition) is 1. The van der Waals surface area contributed by atoms with Gasteiger partial charge in [0.15, 0.2) is 0 Å². The topological polar surface area (TPSA) is 47.6 Å². The highest BCUT2D eigenvalue weighted by molar-refractivity contribution is 7.99. The molecule has 1 atom stereocenters. The van der Waals surface area contributed by atoms with Gasteiger partial charge in [-0.1, -0.05) is 0 Å². The average molecular weight is 275 g/mol. The molecule has 1 rings (SSSR count). The average Bonchev–Trinajstić information content (AvgIpc) is 3.16. The first kappa shape index (κ1) is 15.8. The Morgan fingerprint density at radius 2 is 2.22 bits per heavy atom. The molecule has 0 aromatic carbocycles. The minimum atomic E-state index is -0.118. The van der Waals surface area contributed by atoms with Gasteiger partial charge in [-0.15, -0.1) is 0 Å². The van der Waals surface area contributed by atoms with Crippen molar-refractivity contribution in [1.29, 1.82) is 0 Å². The molecule has 1 unspecified atom stereocenters. The Labute approximate surface area is 114 Å². The van der Waals surface area contributed by atoms with E-state index in [1.54, 1.807) is 7.11 Å². The summed E-state index contributed by atoms with van der Waals surface area (Å²) in [5, 5.41) is 3.37. The first-order valence-electron chi connectivity index (χ1n) is 6.77. The lowest BCUT2D eigenvalue weighted by molar-refractivity contribution is -0.145. The van der Waals surface area contributed by atoms with Crippen molar-refractivity contribution in [3.8, 4) is 0 Å². The van der Waals surface area contributed by atoms with Crippen molar-refractivity contribution >= 4 is 17.7 Å². The number of carbonyl (C=O) groups is 1. The summed E-state index contributed by atoms with van der Waals surface area (Å²) in [5.41, 5.74) is 0. The molecular weight excluding hydrogens is 250 g/mol. The quantitative estimate of drug-likeness (QED) is 0.460. The number of esters is 1. The molecule has 0 aliphatic heterocycles. The van der Waals surface area contributed by atoms with E-state index in [4.69, 9.17) is 9.47 Å². The molecule has 106 valence electrons. The van der Waals surface area contributed by atoms with Gasteiger partial charge in [0.25, 0.3) is 0 Å². The second-order valence-corrected chi connectivity index (χ2v) is 5.72. The molecule has 0 amide bonds. The Kier molecular flexibility index (Phi) is 8.46. The molecule has 0 heterocycles. The zero-order chi connectivity index (χ0) is 13.2. The summed E-state index contributed by atoms with van der Waals surface area (Å²) >= 11 is 1.88. The van der Waals surface area contributed by atoms with Crippen LogP contribution in [0.1, 0.15) is 32.6 Å². The molecule has 5 heteroatoms. The summed E-state index contributed by atoms with van der Waals surface area (Å²) < 4.78 is 10.1. The fourth-order valence-corrected chi connectivity index (χ4v) is 2.58. The Morgan fingerprint density at radius 3 is 2.83 bits per heavy atom. The number of thioether (sulfide) groups is 1. The predicted molar refractivity (Wildman–Crippen MR) is 75.0 cm³/mol. The third-order valence-electron chi connectivity index (χ3n) is 2.77. The largest absolute Gasteiger partial charge is 0.465 e. The lowest BCUT2D eigenvalue weighted by Crippen LogP contribution is -2.39. The van der Waals surface area contributed by atoms with Gasteiger partial charge in [-0.2, -0.15) is 11.8 Å². The van der Waals surface area contributed by atoms with Gasteiger partial charge in [0, 0.05) is 19.8 Å². The zero-order valence-corrected chi connectivity index (χ0v) is 12.3. The van der Waals surface area contributed by atoms with Gasteiger partial charge in [0.05, 0.1) is 6.61 Å². The molecule has 1 aliphatic rings. The van der Waals surface area contributed by atoms with E-state index in [9.17, 15) is 4.79 Å². The molecule has 1 saturated carbocycles. The van der Waals surface area contributed by atoms with E-state index in [-0.39, 0.29) is 12.0 Å². The molecule has 0 spiro atoms. The molecule has 1 fully saturated rings. The number of methoxy groups -OCH3 is 1. The smallest absolute Gasteiger partial charge is 0.323 e. The van der Waals surface area contributed by atoms with Gasteiger partial charge in [0.2, 0.25) is 0 Å². The molecule has 0 radical (unpaired) electrons. The summed E-state index contributed by atoms with van der Waals surface area (Å²) in [6.07, 6.45) is 4.31. The fourth-order valence-electron chi connectivity index (χ4n) is 1.66. The van der Waals surface area contributed by atoms with Crippen molar-refractivity contribution in [3.63, 3.8) is 0 Å². The van der Waals surface area contributed by atoms with E-state index in [0.29, 0.717) is 12.6 Å². The maximum absolute atomic E-state index is 11.8. The molecular formula is C13H25NO3S. The molecule has 1 N–H and O–H groups in total. The third kappa shape index (κ3) is 7.24. The number of hydrogen-bond acceptors (Lipinski definition) is 5. The standard InChI is InChI=1S/C13H25NO3S/c1-3-17-13(15)12(14-11-5-6-11)7-10-18-9-4-8-16-2/h11-12,14H,3-10H2,1-2H3. The van der Waals surface area contributed by atoms with E-state index in [1.807, 2.05) is 18.7 Å². The van der Waals surface area contributed by atoms with E-state index in [1.165, 1.54) is 12.8 Å². The Balaban J connectivity index is 2.12. The second-order valence-electron chi connectivity index (χ2n) is 4.49. The molecule has 18 heavy (non-hydrogen) atoms. The van der Waals surface area contributed by atoms with Crippen molar-refractivity contribution in [2.45, 2.75) is 44.7 Å². The zero-order valence-electron chi connectivity index (χ0n) is 11.4. The first-order valence-corrected chi connectivity index (χ1v) is 7.92. The van der Waals surface area contributed by atoms with Crippen LogP contribution in [-0.4, -0.2) is 49.9 Å². The summed E-state index contributed by atoms with van der Waals surface area (Å²) in [4.78, 5) is 11.8. The van der Waals surface area contributed by atoms with Gasteiger partial charge in [-0.05, 0) is 44.1 Å². The number of carbonyl (C=O) groups excluding carboxylic acids is 1. The van der Waals surface area contributed by atoms with Crippen LogP contribution < -0.4 is 5.32 Å². The molecule has 0 bridgehead atoms. The van der Waals surface area contributed by atoms with E-state index in [0.717, 1.165) is 31.0 Å². The van der Waals surface area contributed by atoms with Gasteiger partial charge < -0.3 is 14.8 Å². The molecule has 1 aliphatic carbocycles. The number of ether oxygens (including phenoxy) is 2. The fraction of sp³-hybridized carbons (Fsp3) is 0.923. The van der Waals surface area contributed by atoms with Gasteiger partial charge >= 0.3 is 5.97 Å². The van der Waals surface area contributed by atoms with Gasteiger partial charge in [-0.25, -0.2) is 0 Å². The maximum atomic E-state index is 11.8. The molecule has 4 nitrogen and oxygen atoms in total. The van der Waals surface area contributed by atoms with Crippen molar-refractivity contribution in [2.24, 2.45) is 0 Å².